The number of alkyl halides is 2. The maximum absolute atomic E-state index is 13.0. The summed E-state index contributed by atoms with van der Waals surface area (Å²) in [6, 6.07) is 11.7. The Balaban J connectivity index is 2.33. The molecule has 0 saturated heterocycles. The molecular weight excluding hydrogens is 392 g/mol. The Hall–Kier alpha value is -3.90. The molecule has 1 aromatic rings. The predicted molar refractivity (Wildman–Crippen MR) is 100 cm³/mol. The minimum atomic E-state index is -3.12. The van der Waals surface area contributed by atoms with Crippen LogP contribution in [0.15, 0.2) is 47.2 Å². The van der Waals surface area contributed by atoms with Crippen molar-refractivity contribution in [2.24, 2.45) is 17.1 Å². The Morgan fingerprint density at radius 1 is 1.30 bits per heavy atom. The third-order valence-corrected chi connectivity index (χ3v) is 5.58. The highest BCUT2D eigenvalue weighted by Crippen LogP contribution is 2.55. The molecule has 1 aliphatic heterocycles. The molecule has 152 valence electrons. The topological polar surface area (TPSA) is 127 Å². The smallest absolute Gasteiger partial charge is 0.387 e. The Morgan fingerprint density at radius 3 is 2.53 bits per heavy atom. The highest BCUT2D eigenvalue weighted by atomic mass is 19.3. The van der Waals surface area contributed by atoms with Gasteiger partial charge in [0, 0.05) is 37.4 Å². The molecule has 9 heteroatoms. The first-order chi connectivity index (χ1) is 14.3. The van der Waals surface area contributed by atoms with Crippen molar-refractivity contribution in [1.82, 2.24) is 4.90 Å². The lowest BCUT2D eigenvalue weighted by Gasteiger charge is -2.45. The van der Waals surface area contributed by atoms with Gasteiger partial charge in [-0.15, -0.1) is 0 Å². The number of para-hydroxylation sites is 1. The zero-order valence-electron chi connectivity index (χ0n) is 16.0. The summed E-state index contributed by atoms with van der Waals surface area (Å²) < 4.78 is 30.7. The summed E-state index contributed by atoms with van der Waals surface area (Å²) in [4.78, 5) is 13.5. The second kappa shape index (κ2) is 7.85. The van der Waals surface area contributed by atoms with E-state index in [4.69, 9.17) is 5.73 Å². The van der Waals surface area contributed by atoms with E-state index in [0.29, 0.717) is 5.57 Å². The van der Waals surface area contributed by atoms with Gasteiger partial charge in [0.15, 0.2) is 5.41 Å². The number of nitrogens with zero attached hydrogens (tertiary/aromatic N) is 4. The van der Waals surface area contributed by atoms with Crippen molar-refractivity contribution >= 4 is 5.91 Å². The van der Waals surface area contributed by atoms with Crippen LogP contribution in [0, 0.1) is 45.3 Å². The molecule has 2 atom stereocenters. The van der Waals surface area contributed by atoms with Crippen molar-refractivity contribution in [2.45, 2.75) is 19.5 Å². The molecule has 0 aromatic heterocycles. The lowest BCUT2D eigenvalue weighted by atomic mass is 9.58. The number of amides is 1. The van der Waals surface area contributed by atoms with Crippen molar-refractivity contribution in [3.05, 3.63) is 52.7 Å². The summed E-state index contributed by atoms with van der Waals surface area (Å²) >= 11 is 0. The van der Waals surface area contributed by atoms with Gasteiger partial charge in [0.05, 0.1) is 23.4 Å². The van der Waals surface area contributed by atoms with Crippen LogP contribution in [-0.2, 0) is 4.79 Å². The molecule has 1 aromatic carbocycles. The largest absolute Gasteiger partial charge is 0.435 e. The van der Waals surface area contributed by atoms with Gasteiger partial charge in [0.2, 0.25) is 5.91 Å². The molecule has 0 saturated carbocycles. The number of carbonyl (C=O) groups excluding carboxylic acids is 1. The van der Waals surface area contributed by atoms with E-state index in [-0.39, 0.29) is 41.6 Å². The number of ether oxygens (including phenoxy) is 1. The van der Waals surface area contributed by atoms with E-state index < -0.39 is 23.9 Å². The van der Waals surface area contributed by atoms with Gasteiger partial charge in [0.25, 0.3) is 0 Å². The second-order valence-electron chi connectivity index (χ2n) is 7.02. The van der Waals surface area contributed by atoms with E-state index in [1.807, 2.05) is 18.2 Å². The summed E-state index contributed by atoms with van der Waals surface area (Å²) in [7, 11) is 0. The average molecular weight is 409 g/mol. The Bertz CT molecular complexity index is 1060. The van der Waals surface area contributed by atoms with E-state index in [9.17, 15) is 29.4 Å². The number of rotatable bonds is 3. The SMILES string of the molecule is CC(=O)N1CC=C2C(C#N)=C(N)C(C#N)(C#N)C(c3ccccc3OC(F)F)C2C1. The maximum Gasteiger partial charge on any atom is 0.387 e. The lowest BCUT2D eigenvalue weighted by Crippen LogP contribution is -2.49. The third-order valence-electron chi connectivity index (χ3n) is 5.58. The summed E-state index contributed by atoms with van der Waals surface area (Å²) in [6.07, 6.45) is 1.66. The zero-order chi connectivity index (χ0) is 22.1. The van der Waals surface area contributed by atoms with E-state index >= 15 is 0 Å². The number of benzene rings is 1. The molecule has 30 heavy (non-hydrogen) atoms. The molecule has 1 heterocycles. The first-order valence-corrected chi connectivity index (χ1v) is 9.03. The van der Waals surface area contributed by atoms with Gasteiger partial charge in [-0.25, -0.2) is 0 Å². The number of halogens is 2. The van der Waals surface area contributed by atoms with Crippen LogP contribution in [-0.4, -0.2) is 30.5 Å². The van der Waals surface area contributed by atoms with Gasteiger partial charge in [-0.05, 0) is 11.6 Å². The maximum atomic E-state index is 13.0. The average Bonchev–Trinajstić information content (AvgIpc) is 2.73. The molecule has 0 radical (unpaired) electrons. The minimum absolute atomic E-state index is 0.00908. The Morgan fingerprint density at radius 2 is 1.97 bits per heavy atom. The third kappa shape index (κ3) is 3.13. The number of fused-ring (bicyclic) bond motifs is 1. The number of carbonyl (C=O) groups is 1. The fraction of sp³-hybridized carbons (Fsp3) is 0.333. The minimum Gasteiger partial charge on any atom is -0.435 e. The number of hydrogen-bond acceptors (Lipinski definition) is 6. The molecule has 2 unspecified atom stereocenters. The first kappa shape index (κ1) is 20.8. The highest BCUT2D eigenvalue weighted by molar-refractivity contribution is 5.74. The molecule has 0 fully saturated rings. The number of hydrogen-bond donors (Lipinski definition) is 1. The second-order valence-corrected chi connectivity index (χ2v) is 7.02. The molecular formula is C21H17F2N5O2. The number of nitrogens with two attached hydrogens (primary N) is 1. The Labute approximate surface area is 171 Å². The van der Waals surface area contributed by atoms with Gasteiger partial charge in [0.1, 0.15) is 11.8 Å². The van der Waals surface area contributed by atoms with Crippen LogP contribution in [0.5, 0.6) is 5.75 Å². The molecule has 2 aliphatic rings. The van der Waals surface area contributed by atoms with Crippen molar-refractivity contribution in [2.75, 3.05) is 13.1 Å². The van der Waals surface area contributed by atoms with Crippen LogP contribution < -0.4 is 10.5 Å². The predicted octanol–water partition coefficient (Wildman–Crippen LogP) is 2.56. The first-order valence-electron chi connectivity index (χ1n) is 9.03. The van der Waals surface area contributed by atoms with Gasteiger partial charge in [-0.1, -0.05) is 24.3 Å². The van der Waals surface area contributed by atoms with Crippen LogP contribution >= 0.6 is 0 Å². The lowest BCUT2D eigenvalue weighted by molar-refractivity contribution is -0.129. The van der Waals surface area contributed by atoms with Crippen LogP contribution in [0.2, 0.25) is 0 Å². The standard InChI is InChI=1S/C21H17F2N5O2/c1-12(29)28-7-6-13-15(8-24)19(27)21(10-25,11-26)18(16(13)9-28)14-4-2-3-5-17(14)30-20(22)23/h2-6,16,18,20H,7,9,27H2,1H3. The summed E-state index contributed by atoms with van der Waals surface area (Å²) in [5.74, 6) is -2.15. The van der Waals surface area contributed by atoms with Gasteiger partial charge >= 0.3 is 6.61 Å². The Kier molecular flexibility index (Phi) is 5.45. The summed E-state index contributed by atoms with van der Waals surface area (Å²) in [6.45, 7) is -1.42. The molecule has 3 rings (SSSR count). The van der Waals surface area contributed by atoms with E-state index in [1.165, 1.54) is 30.0 Å². The highest BCUT2D eigenvalue weighted by Gasteiger charge is 2.55. The molecule has 1 amide bonds. The van der Waals surface area contributed by atoms with Gasteiger partial charge in [-0.2, -0.15) is 24.6 Å². The van der Waals surface area contributed by atoms with Crippen molar-refractivity contribution in [1.29, 1.82) is 15.8 Å². The van der Waals surface area contributed by atoms with Crippen LogP contribution in [0.1, 0.15) is 18.4 Å². The van der Waals surface area contributed by atoms with Crippen LogP contribution in [0.3, 0.4) is 0 Å². The van der Waals surface area contributed by atoms with Gasteiger partial charge < -0.3 is 15.4 Å². The quantitative estimate of drug-likeness (QED) is 0.817. The molecule has 0 spiro atoms. The molecule has 1 aliphatic carbocycles. The van der Waals surface area contributed by atoms with E-state index in [1.54, 1.807) is 12.1 Å². The molecule has 0 bridgehead atoms. The van der Waals surface area contributed by atoms with Crippen molar-refractivity contribution in [3.8, 4) is 24.0 Å². The molecule has 7 nitrogen and oxygen atoms in total. The molecule has 2 N–H and O–H groups in total. The van der Waals surface area contributed by atoms with Crippen LogP contribution in [0.25, 0.3) is 0 Å². The van der Waals surface area contributed by atoms with Gasteiger partial charge in [-0.3, -0.25) is 4.79 Å². The fourth-order valence-corrected chi connectivity index (χ4v) is 4.22. The van der Waals surface area contributed by atoms with E-state index in [0.717, 1.165) is 0 Å². The zero-order valence-corrected chi connectivity index (χ0v) is 16.0. The van der Waals surface area contributed by atoms with Crippen LogP contribution in [0.4, 0.5) is 8.78 Å². The normalized spacial score (nSPS) is 22.3. The number of allylic oxidation sites excluding steroid dienone is 2. The van der Waals surface area contributed by atoms with E-state index in [2.05, 4.69) is 4.74 Å². The summed E-state index contributed by atoms with van der Waals surface area (Å²) in [5, 5.41) is 29.7. The fourth-order valence-electron chi connectivity index (χ4n) is 4.22. The number of nitriles is 3. The summed E-state index contributed by atoms with van der Waals surface area (Å²) in [5.41, 5.74) is 4.62. The monoisotopic (exact) mass is 409 g/mol. The van der Waals surface area contributed by atoms with Crippen molar-refractivity contribution < 1.29 is 18.3 Å². The van der Waals surface area contributed by atoms with Crippen molar-refractivity contribution in [3.63, 3.8) is 0 Å².